The molecule has 0 aromatic heterocycles. The fraction of sp³-hybridized carbons (Fsp3) is 0.950. The fourth-order valence-corrected chi connectivity index (χ4v) is 4.46. The van der Waals surface area contributed by atoms with Gasteiger partial charge in [-0.2, -0.15) is 0 Å². The van der Waals surface area contributed by atoms with Crippen LogP contribution in [0.1, 0.15) is 6.92 Å². The van der Waals surface area contributed by atoms with Gasteiger partial charge in [0.2, 0.25) is 5.91 Å². The summed E-state index contributed by atoms with van der Waals surface area (Å²) in [6, 6.07) is -1.39. The molecule has 3 fully saturated rings. The van der Waals surface area contributed by atoms with E-state index in [1.54, 1.807) is 0 Å². The van der Waals surface area contributed by atoms with Crippen molar-refractivity contribution in [2.75, 3.05) is 19.8 Å². The van der Waals surface area contributed by atoms with Crippen molar-refractivity contribution in [1.29, 1.82) is 0 Å². The van der Waals surface area contributed by atoms with Crippen molar-refractivity contribution in [3.8, 4) is 0 Å². The van der Waals surface area contributed by atoms with Gasteiger partial charge >= 0.3 is 0 Å². The van der Waals surface area contributed by atoms with Gasteiger partial charge in [0.25, 0.3) is 0 Å². The van der Waals surface area contributed by atoms with E-state index in [4.69, 9.17) is 23.7 Å². The Hall–Kier alpha value is -1.13. The number of aliphatic hydroxyl groups is 10. The van der Waals surface area contributed by atoms with Crippen LogP contribution in [-0.4, -0.2) is 169 Å². The second-order valence-electron chi connectivity index (χ2n) is 9.07. The summed E-state index contributed by atoms with van der Waals surface area (Å²) < 4.78 is 26.9. The summed E-state index contributed by atoms with van der Waals surface area (Å²) in [4.78, 5) is 11.6. The smallest absolute Gasteiger partial charge is 0.217 e. The minimum atomic E-state index is -1.93. The lowest BCUT2D eigenvalue weighted by Crippen LogP contribution is -2.68. The summed E-state index contributed by atoms with van der Waals surface area (Å²) in [5.74, 6) is -0.637. The lowest BCUT2D eigenvalue weighted by Gasteiger charge is -2.48. The number of rotatable bonds is 8. The first-order valence-corrected chi connectivity index (χ1v) is 11.6. The first-order valence-electron chi connectivity index (χ1n) is 11.6. The zero-order valence-corrected chi connectivity index (χ0v) is 19.7. The third-order valence-electron chi connectivity index (χ3n) is 6.49. The van der Waals surface area contributed by atoms with Gasteiger partial charge in [-0.3, -0.25) is 4.79 Å². The van der Waals surface area contributed by atoms with Crippen molar-refractivity contribution in [3.63, 3.8) is 0 Å². The molecule has 11 N–H and O–H groups in total. The largest absolute Gasteiger partial charge is 0.394 e. The van der Waals surface area contributed by atoms with Crippen LogP contribution < -0.4 is 5.32 Å². The Labute approximate surface area is 210 Å². The topological polar surface area (TPSA) is 278 Å². The predicted molar refractivity (Wildman–Crippen MR) is 113 cm³/mol. The van der Waals surface area contributed by atoms with Crippen molar-refractivity contribution in [1.82, 2.24) is 5.32 Å². The Bertz CT molecular complexity index is 743. The van der Waals surface area contributed by atoms with E-state index in [-0.39, 0.29) is 0 Å². The highest BCUT2D eigenvalue weighted by molar-refractivity contribution is 5.73. The minimum Gasteiger partial charge on any atom is -0.394 e. The number of amides is 1. The van der Waals surface area contributed by atoms with E-state index in [9.17, 15) is 55.9 Å². The normalized spacial score (nSPS) is 49.0. The van der Waals surface area contributed by atoms with Gasteiger partial charge in [-0.05, 0) is 0 Å². The average Bonchev–Trinajstić information content (AvgIpc) is 2.87. The average molecular weight is 545 g/mol. The molecule has 3 rings (SSSR count). The van der Waals surface area contributed by atoms with Gasteiger partial charge in [0.05, 0.1) is 19.8 Å². The zero-order chi connectivity index (χ0) is 27.6. The molecule has 17 nitrogen and oxygen atoms in total. The van der Waals surface area contributed by atoms with Crippen LogP contribution in [-0.2, 0) is 28.5 Å². The molecule has 0 aromatic rings. The maximum Gasteiger partial charge on any atom is 0.217 e. The quantitative estimate of drug-likeness (QED) is 0.135. The molecular weight excluding hydrogens is 510 g/mol. The number of carbonyl (C=O) groups is 1. The number of hydrogen-bond donors (Lipinski definition) is 11. The number of ether oxygens (including phenoxy) is 5. The molecule has 0 aliphatic carbocycles. The highest BCUT2D eigenvalue weighted by atomic mass is 16.7. The molecule has 1 amide bonds. The van der Waals surface area contributed by atoms with Crippen LogP contribution in [0.3, 0.4) is 0 Å². The number of carbonyl (C=O) groups excluding carboxylic acids is 1. The molecule has 216 valence electrons. The monoisotopic (exact) mass is 545 g/mol. The van der Waals surface area contributed by atoms with Crippen LogP contribution in [0.2, 0.25) is 0 Å². The van der Waals surface area contributed by atoms with Gasteiger partial charge in [0.15, 0.2) is 18.9 Å². The Morgan fingerprint density at radius 2 is 1.14 bits per heavy atom. The van der Waals surface area contributed by atoms with Crippen molar-refractivity contribution in [3.05, 3.63) is 0 Å². The number of aliphatic hydroxyl groups excluding tert-OH is 10. The minimum absolute atomic E-state index is 0.637. The molecule has 3 saturated heterocycles. The Morgan fingerprint density at radius 1 is 0.649 bits per heavy atom. The molecule has 0 aromatic carbocycles. The highest BCUT2D eigenvalue weighted by Gasteiger charge is 2.53. The first kappa shape index (κ1) is 30.4. The van der Waals surface area contributed by atoms with Crippen LogP contribution >= 0.6 is 0 Å². The predicted octanol–water partition coefficient (Wildman–Crippen LogP) is -7.43. The van der Waals surface area contributed by atoms with Crippen molar-refractivity contribution in [2.24, 2.45) is 0 Å². The molecule has 37 heavy (non-hydrogen) atoms. The summed E-state index contributed by atoms with van der Waals surface area (Å²) in [6.07, 6.45) is -23.3. The van der Waals surface area contributed by atoms with Crippen molar-refractivity contribution in [2.45, 2.75) is 99.0 Å². The summed E-state index contributed by atoms with van der Waals surface area (Å²) >= 11 is 0. The summed E-state index contributed by atoms with van der Waals surface area (Å²) in [6.45, 7) is -1.21. The Balaban J connectivity index is 1.76. The van der Waals surface area contributed by atoms with Crippen molar-refractivity contribution >= 4 is 5.91 Å². The summed E-state index contributed by atoms with van der Waals surface area (Å²) in [5, 5.41) is 103. The van der Waals surface area contributed by atoms with Gasteiger partial charge in [-0.1, -0.05) is 0 Å². The maximum atomic E-state index is 11.6. The molecule has 3 aliphatic heterocycles. The molecule has 0 saturated carbocycles. The first-order chi connectivity index (χ1) is 17.4. The maximum absolute atomic E-state index is 11.6. The highest BCUT2D eigenvalue weighted by Crippen LogP contribution is 2.32. The van der Waals surface area contributed by atoms with E-state index in [1.807, 2.05) is 0 Å². The van der Waals surface area contributed by atoms with Crippen LogP contribution in [0, 0.1) is 0 Å². The SMILES string of the molecule is CC(=O)N[C@@H]1[C@@H](O[C@@H]2O[C@H](CO)[C@@H](O[C@@H]3O[C@H](CO)[C@H](O)[C@H](O)[C@H]3O)[C@H](O)[C@H]2O)[C@H](O)[C@@H](CO)O[C@H]1O. The molecular formula is C20H35NO16. The lowest BCUT2D eigenvalue weighted by molar-refractivity contribution is -0.372. The third kappa shape index (κ3) is 6.38. The molecule has 17 heteroatoms. The molecule has 0 radical (unpaired) electrons. The van der Waals surface area contributed by atoms with Crippen LogP contribution in [0.15, 0.2) is 0 Å². The van der Waals surface area contributed by atoms with Crippen LogP contribution in [0.5, 0.6) is 0 Å². The van der Waals surface area contributed by atoms with E-state index in [0.29, 0.717) is 0 Å². The summed E-state index contributed by atoms with van der Waals surface area (Å²) in [7, 11) is 0. The molecule has 0 bridgehead atoms. The molecule has 0 unspecified atom stereocenters. The van der Waals surface area contributed by atoms with Gasteiger partial charge in [0, 0.05) is 6.92 Å². The third-order valence-corrected chi connectivity index (χ3v) is 6.49. The second-order valence-corrected chi connectivity index (χ2v) is 9.07. The number of hydrogen-bond acceptors (Lipinski definition) is 16. The molecule has 3 aliphatic rings. The van der Waals surface area contributed by atoms with E-state index in [2.05, 4.69) is 5.32 Å². The van der Waals surface area contributed by atoms with Crippen LogP contribution in [0.4, 0.5) is 0 Å². The zero-order valence-electron chi connectivity index (χ0n) is 19.7. The van der Waals surface area contributed by atoms with Gasteiger partial charge < -0.3 is 80.1 Å². The van der Waals surface area contributed by atoms with E-state index in [0.717, 1.165) is 6.92 Å². The molecule has 3 heterocycles. The number of nitrogens with one attached hydrogen (secondary N) is 1. The molecule has 15 atom stereocenters. The second kappa shape index (κ2) is 12.8. The van der Waals surface area contributed by atoms with Gasteiger partial charge in [-0.15, -0.1) is 0 Å². The Kier molecular flexibility index (Phi) is 10.5. The van der Waals surface area contributed by atoms with E-state index < -0.39 is 118 Å². The van der Waals surface area contributed by atoms with Gasteiger partial charge in [-0.25, -0.2) is 0 Å². The Morgan fingerprint density at radius 3 is 1.68 bits per heavy atom. The van der Waals surface area contributed by atoms with Crippen LogP contribution in [0.25, 0.3) is 0 Å². The lowest BCUT2D eigenvalue weighted by atomic mass is 9.95. The van der Waals surface area contributed by atoms with E-state index in [1.165, 1.54) is 0 Å². The van der Waals surface area contributed by atoms with Gasteiger partial charge in [0.1, 0.15) is 73.2 Å². The van der Waals surface area contributed by atoms with Crippen molar-refractivity contribution < 1.29 is 79.5 Å². The molecule has 0 spiro atoms. The summed E-state index contributed by atoms with van der Waals surface area (Å²) in [5.41, 5.74) is 0. The standard InChI is InChI=1S/C20H35NO16/c1-5(25)21-9-17(11(27)7(3-23)33-18(9)32)37-20-15(31)13(29)16(8(4-24)35-20)36-19-14(30)12(28)10(26)6(2-22)34-19/h6-20,22-24,26-32H,2-4H2,1H3,(H,21,25)/t6-,7-,8-,9-,10+,11-,12+,13-,14-,15-,16-,17-,18-,19+,20+/m1/s1. The fourth-order valence-electron chi connectivity index (χ4n) is 4.46. The van der Waals surface area contributed by atoms with E-state index >= 15 is 0 Å².